The number of alkyl halides is 3. The zero-order chi connectivity index (χ0) is 14.6. The van der Waals surface area contributed by atoms with Crippen molar-refractivity contribution in [3.63, 3.8) is 0 Å². The molecule has 0 aliphatic heterocycles. The smallest absolute Gasteiger partial charge is 0.389 e. The van der Waals surface area contributed by atoms with Crippen LogP contribution in [0.3, 0.4) is 0 Å². The first-order chi connectivity index (χ1) is 9.49. The van der Waals surface area contributed by atoms with Gasteiger partial charge in [-0.15, -0.1) is 0 Å². The van der Waals surface area contributed by atoms with E-state index in [1.54, 1.807) is 7.11 Å². The van der Waals surface area contributed by atoms with Crippen molar-refractivity contribution in [2.75, 3.05) is 13.7 Å². The van der Waals surface area contributed by atoms with Crippen molar-refractivity contribution in [2.24, 2.45) is 0 Å². The molecule has 0 heterocycles. The lowest BCUT2D eigenvalue weighted by Gasteiger charge is -2.27. The standard InChI is InChI=1S/C15H20F3NO/c1-20-12-6-7-13-11(10-12)4-2-5-14(13)19-9-3-8-15(16,17)18/h6-7,10,14,19H,2-5,8-9H2,1H3. The minimum Gasteiger partial charge on any atom is -0.497 e. The van der Waals surface area contributed by atoms with E-state index < -0.39 is 12.6 Å². The minimum absolute atomic E-state index is 0.130. The summed E-state index contributed by atoms with van der Waals surface area (Å²) in [7, 11) is 1.64. The molecule has 1 aromatic carbocycles. The monoisotopic (exact) mass is 287 g/mol. The van der Waals surface area contributed by atoms with Crippen LogP contribution in [0.2, 0.25) is 0 Å². The maximum absolute atomic E-state index is 12.1. The SMILES string of the molecule is COc1ccc2c(c1)CCCC2NCCCC(F)(F)F. The molecule has 0 aromatic heterocycles. The highest BCUT2D eigenvalue weighted by Crippen LogP contribution is 2.32. The van der Waals surface area contributed by atoms with Gasteiger partial charge in [0.15, 0.2) is 0 Å². The predicted octanol–water partition coefficient (Wildman–Crippen LogP) is 4.00. The molecule has 0 saturated heterocycles. The Hall–Kier alpha value is -1.23. The highest BCUT2D eigenvalue weighted by Gasteiger charge is 2.26. The third-order valence-corrected chi connectivity index (χ3v) is 3.69. The molecule has 0 amide bonds. The highest BCUT2D eigenvalue weighted by molar-refractivity contribution is 5.39. The zero-order valence-electron chi connectivity index (χ0n) is 11.6. The first kappa shape index (κ1) is 15.2. The molecule has 5 heteroatoms. The Labute approximate surface area is 117 Å². The summed E-state index contributed by atoms with van der Waals surface area (Å²) >= 11 is 0. The number of rotatable bonds is 5. The molecule has 2 rings (SSSR count). The van der Waals surface area contributed by atoms with E-state index in [1.807, 2.05) is 18.2 Å². The van der Waals surface area contributed by atoms with E-state index in [-0.39, 0.29) is 12.5 Å². The number of aryl methyl sites for hydroxylation is 1. The Balaban J connectivity index is 1.92. The van der Waals surface area contributed by atoms with E-state index in [9.17, 15) is 13.2 Å². The van der Waals surface area contributed by atoms with Crippen LogP contribution in [0.25, 0.3) is 0 Å². The van der Waals surface area contributed by atoms with Crippen LogP contribution in [0.15, 0.2) is 18.2 Å². The van der Waals surface area contributed by atoms with Gasteiger partial charge in [-0.1, -0.05) is 6.07 Å². The number of fused-ring (bicyclic) bond motifs is 1. The van der Waals surface area contributed by atoms with Crippen LogP contribution in [-0.2, 0) is 6.42 Å². The lowest BCUT2D eigenvalue weighted by Crippen LogP contribution is -2.27. The van der Waals surface area contributed by atoms with Crippen molar-refractivity contribution in [3.05, 3.63) is 29.3 Å². The predicted molar refractivity (Wildman–Crippen MR) is 72.0 cm³/mol. The van der Waals surface area contributed by atoms with Gasteiger partial charge in [0.1, 0.15) is 5.75 Å². The molecule has 1 N–H and O–H groups in total. The largest absolute Gasteiger partial charge is 0.497 e. The van der Waals surface area contributed by atoms with Crippen molar-refractivity contribution < 1.29 is 17.9 Å². The summed E-state index contributed by atoms with van der Waals surface area (Å²) in [5.41, 5.74) is 2.44. The maximum Gasteiger partial charge on any atom is 0.389 e. The second-order valence-electron chi connectivity index (χ2n) is 5.18. The van der Waals surface area contributed by atoms with Crippen molar-refractivity contribution in [3.8, 4) is 5.75 Å². The van der Waals surface area contributed by atoms with Crippen molar-refractivity contribution >= 4 is 0 Å². The van der Waals surface area contributed by atoms with E-state index in [2.05, 4.69) is 5.32 Å². The zero-order valence-corrected chi connectivity index (χ0v) is 11.6. The van der Waals surface area contributed by atoms with E-state index in [0.29, 0.717) is 6.54 Å². The van der Waals surface area contributed by atoms with Gasteiger partial charge in [0, 0.05) is 12.5 Å². The van der Waals surface area contributed by atoms with Gasteiger partial charge in [0.2, 0.25) is 0 Å². The highest BCUT2D eigenvalue weighted by atomic mass is 19.4. The molecule has 0 bridgehead atoms. The number of benzene rings is 1. The Kier molecular flexibility index (Phi) is 4.91. The van der Waals surface area contributed by atoms with E-state index in [1.165, 1.54) is 11.1 Å². The summed E-state index contributed by atoms with van der Waals surface area (Å²) in [5.74, 6) is 0.835. The summed E-state index contributed by atoms with van der Waals surface area (Å²) in [6.07, 6.45) is -1.61. The molecule has 2 nitrogen and oxygen atoms in total. The molecule has 112 valence electrons. The molecular weight excluding hydrogens is 267 g/mol. The Morgan fingerprint density at radius 3 is 2.85 bits per heavy atom. The molecule has 1 atom stereocenters. The van der Waals surface area contributed by atoms with Gasteiger partial charge in [-0.2, -0.15) is 13.2 Å². The van der Waals surface area contributed by atoms with Gasteiger partial charge in [-0.25, -0.2) is 0 Å². The molecule has 20 heavy (non-hydrogen) atoms. The van der Waals surface area contributed by atoms with Gasteiger partial charge in [-0.05, 0) is 55.5 Å². The molecule has 0 spiro atoms. The topological polar surface area (TPSA) is 21.3 Å². The Morgan fingerprint density at radius 2 is 2.15 bits per heavy atom. The number of hydrogen-bond acceptors (Lipinski definition) is 2. The Morgan fingerprint density at radius 1 is 1.35 bits per heavy atom. The molecule has 0 fully saturated rings. The van der Waals surface area contributed by atoms with Gasteiger partial charge in [-0.3, -0.25) is 0 Å². The lowest BCUT2D eigenvalue weighted by atomic mass is 9.87. The first-order valence-electron chi connectivity index (χ1n) is 6.96. The van der Waals surface area contributed by atoms with Crippen LogP contribution in [0.1, 0.15) is 42.9 Å². The molecule has 1 aliphatic carbocycles. The van der Waals surface area contributed by atoms with Crippen LogP contribution in [0.5, 0.6) is 5.75 Å². The van der Waals surface area contributed by atoms with Crippen LogP contribution in [0.4, 0.5) is 13.2 Å². The fourth-order valence-electron chi connectivity index (χ4n) is 2.69. The van der Waals surface area contributed by atoms with Crippen LogP contribution >= 0.6 is 0 Å². The number of halogens is 3. The van der Waals surface area contributed by atoms with Gasteiger partial charge in [0.05, 0.1) is 7.11 Å². The average Bonchev–Trinajstić information content (AvgIpc) is 2.42. The van der Waals surface area contributed by atoms with Gasteiger partial charge in [0.25, 0.3) is 0 Å². The molecule has 0 saturated carbocycles. The van der Waals surface area contributed by atoms with Gasteiger partial charge < -0.3 is 10.1 Å². The fourth-order valence-corrected chi connectivity index (χ4v) is 2.69. The summed E-state index contributed by atoms with van der Waals surface area (Å²) < 4.78 is 41.5. The molecule has 0 radical (unpaired) electrons. The fraction of sp³-hybridized carbons (Fsp3) is 0.600. The summed E-state index contributed by atoms with van der Waals surface area (Å²) in [6.45, 7) is 0.398. The van der Waals surface area contributed by atoms with Crippen LogP contribution in [0, 0.1) is 0 Å². The van der Waals surface area contributed by atoms with Crippen LogP contribution < -0.4 is 10.1 Å². The van der Waals surface area contributed by atoms with Crippen molar-refractivity contribution in [2.45, 2.75) is 44.3 Å². The third-order valence-electron chi connectivity index (χ3n) is 3.69. The normalized spacial score (nSPS) is 18.7. The quantitative estimate of drug-likeness (QED) is 0.826. The Bertz CT molecular complexity index is 445. The van der Waals surface area contributed by atoms with Crippen molar-refractivity contribution in [1.82, 2.24) is 5.32 Å². The molecule has 1 aromatic rings. The number of hydrogen-bond donors (Lipinski definition) is 1. The summed E-state index contributed by atoms with van der Waals surface area (Å²) in [5, 5.41) is 3.25. The second kappa shape index (κ2) is 6.48. The number of methoxy groups -OCH3 is 1. The van der Waals surface area contributed by atoms with Crippen LogP contribution in [-0.4, -0.2) is 19.8 Å². The summed E-state index contributed by atoms with van der Waals surface area (Å²) in [6, 6.07) is 6.13. The van der Waals surface area contributed by atoms with E-state index >= 15 is 0 Å². The van der Waals surface area contributed by atoms with E-state index in [4.69, 9.17) is 4.74 Å². The second-order valence-corrected chi connectivity index (χ2v) is 5.18. The number of nitrogens with one attached hydrogen (secondary N) is 1. The van der Waals surface area contributed by atoms with E-state index in [0.717, 1.165) is 25.0 Å². The third kappa shape index (κ3) is 4.13. The lowest BCUT2D eigenvalue weighted by molar-refractivity contribution is -0.135. The first-order valence-corrected chi connectivity index (χ1v) is 6.96. The summed E-state index contributed by atoms with van der Waals surface area (Å²) in [4.78, 5) is 0. The molecule has 1 unspecified atom stereocenters. The minimum atomic E-state index is -4.06. The molecular formula is C15H20F3NO. The average molecular weight is 287 g/mol. The number of ether oxygens (including phenoxy) is 1. The maximum atomic E-state index is 12.1. The van der Waals surface area contributed by atoms with Crippen molar-refractivity contribution in [1.29, 1.82) is 0 Å². The van der Waals surface area contributed by atoms with Gasteiger partial charge >= 0.3 is 6.18 Å². The molecule has 1 aliphatic rings.